The Morgan fingerprint density at radius 1 is 1.00 bits per heavy atom. The zero-order valence-corrected chi connectivity index (χ0v) is 21.0. The topological polar surface area (TPSA) is 151 Å². The summed E-state index contributed by atoms with van der Waals surface area (Å²) in [4.78, 5) is 61.9. The van der Waals surface area contributed by atoms with Crippen molar-refractivity contribution in [3.05, 3.63) is 88.5 Å². The number of anilines is 2. The van der Waals surface area contributed by atoms with Gasteiger partial charge in [-0.05, 0) is 72.3 Å². The first kappa shape index (κ1) is 26.9. The molecule has 1 heterocycles. The molecule has 0 aliphatic carbocycles. The van der Waals surface area contributed by atoms with Gasteiger partial charge in [-0.3, -0.25) is 19.7 Å². The second-order valence-electron chi connectivity index (χ2n) is 8.06. The molecule has 0 saturated carbocycles. The van der Waals surface area contributed by atoms with Crippen molar-refractivity contribution >= 4 is 58.8 Å². The molecule has 5 amide bonds. The minimum Gasteiger partial charge on any atom is -0.493 e. The first-order valence-electron chi connectivity index (χ1n) is 11.3. The number of urea groups is 1. The van der Waals surface area contributed by atoms with Gasteiger partial charge >= 0.3 is 12.0 Å². The van der Waals surface area contributed by atoms with Gasteiger partial charge < -0.3 is 19.9 Å². The minimum absolute atomic E-state index is 0.0840. The highest BCUT2D eigenvalue weighted by atomic mass is 35.5. The van der Waals surface area contributed by atoms with Crippen molar-refractivity contribution in [1.82, 2.24) is 5.32 Å². The highest BCUT2D eigenvalue weighted by Crippen LogP contribution is 2.30. The van der Waals surface area contributed by atoms with Crippen LogP contribution in [-0.4, -0.2) is 48.5 Å². The van der Waals surface area contributed by atoms with E-state index in [0.29, 0.717) is 16.3 Å². The van der Waals surface area contributed by atoms with Gasteiger partial charge in [0.25, 0.3) is 17.7 Å². The van der Waals surface area contributed by atoms with Crippen LogP contribution in [0, 0.1) is 0 Å². The van der Waals surface area contributed by atoms with Gasteiger partial charge in [0.2, 0.25) is 0 Å². The molecule has 11 nitrogen and oxygen atoms in total. The highest BCUT2D eigenvalue weighted by Gasteiger charge is 2.36. The predicted octanol–water partition coefficient (Wildman–Crippen LogP) is 3.73. The summed E-state index contributed by atoms with van der Waals surface area (Å²) < 4.78 is 10.9. The molecule has 39 heavy (non-hydrogen) atoms. The average molecular weight is 550 g/mol. The van der Waals surface area contributed by atoms with E-state index in [9.17, 15) is 24.0 Å². The number of carbonyl (C=O) groups excluding carboxylic acids is 4. The Hall–Kier alpha value is -5.16. The van der Waals surface area contributed by atoms with Crippen LogP contribution in [0.5, 0.6) is 11.5 Å². The molecule has 0 spiro atoms. The van der Waals surface area contributed by atoms with Crippen LogP contribution >= 0.6 is 11.6 Å². The van der Waals surface area contributed by atoms with Crippen molar-refractivity contribution in [2.24, 2.45) is 0 Å². The first-order valence-corrected chi connectivity index (χ1v) is 11.6. The number of nitrogens with zero attached hydrogens (tertiary/aromatic N) is 1. The number of benzene rings is 3. The van der Waals surface area contributed by atoms with Crippen LogP contribution in [0.3, 0.4) is 0 Å². The molecule has 1 aliphatic rings. The number of hydrogen-bond donors (Lipinski definition) is 3. The lowest BCUT2D eigenvalue weighted by atomic mass is 10.1. The summed E-state index contributed by atoms with van der Waals surface area (Å²) in [7, 11) is 1.38. The lowest BCUT2D eigenvalue weighted by Crippen LogP contribution is -2.54. The van der Waals surface area contributed by atoms with E-state index in [0.717, 1.165) is 4.90 Å². The van der Waals surface area contributed by atoms with E-state index in [2.05, 4.69) is 10.6 Å². The molecule has 1 fully saturated rings. The van der Waals surface area contributed by atoms with Crippen LogP contribution < -0.4 is 25.0 Å². The Balaban J connectivity index is 1.47. The molecule has 0 bridgehead atoms. The highest BCUT2D eigenvalue weighted by molar-refractivity contribution is 6.39. The number of carbonyl (C=O) groups is 5. The average Bonchev–Trinajstić information content (AvgIpc) is 2.91. The molecular formula is C27H20ClN3O8. The molecule has 0 unspecified atom stereocenters. The number of carboxylic acid groups (broad SMARTS) is 1. The quantitative estimate of drug-likeness (QED) is 0.284. The fourth-order valence-electron chi connectivity index (χ4n) is 3.58. The summed E-state index contributed by atoms with van der Waals surface area (Å²) in [6.45, 7) is -0.378. The van der Waals surface area contributed by atoms with E-state index in [-0.39, 0.29) is 34.9 Å². The lowest BCUT2D eigenvalue weighted by Gasteiger charge is -2.26. The smallest absolute Gasteiger partial charge is 0.335 e. The number of nitrogens with one attached hydrogen (secondary N) is 2. The molecule has 0 atom stereocenters. The summed E-state index contributed by atoms with van der Waals surface area (Å²) in [6.07, 6.45) is 1.30. The number of rotatable bonds is 8. The maximum atomic E-state index is 13.1. The van der Waals surface area contributed by atoms with Gasteiger partial charge in [0.15, 0.2) is 18.1 Å². The van der Waals surface area contributed by atoms with E-state index >= 15 is 0 Å². The van der Waals surface area contributed by atoms with Crippen LogP contribution in [0.15, 0.2) is 72.3 Å². The third kappa shape index (κ3) is 6.22. The molecule has 4 rings (SSSR count). The standard InChI is InChI=1S/C27H20ClN3O8/c1-38-22-13-15(2-11-21(22)39-14-23(32)29-18-7-3-16(4-8-18)26(35)36)12-20-24(33)30-27(37)31(25(20)34)19-9-5-17(28)6-10-19/h2-13H,14H2,1H3,(H,29,32)(H,35,36)(H,30,33,37). The van der Waals surface area contributed by atoms with Crippen LogP contribution in [0.4, 0.5) is 16.2 Å². The molecule has 198 valence electrons. The maximum Gasteiger partial charge on any atom is 0.335 e. The number of halogens is 1. The van der Waals surface area contributed by atoms with E-state index in [1.807, 2.05) is 0 Å². The Bertz CT molecular complexity index is 1500. The fourth-order valence-corrected chi connectivity index (χ4v) is 3.70. The van der Waals surface area contributed by atoms with E-state index in [4.69, 9.17) is 26.2 Å². The van der Waals surface area contributed by atoms with Crippen LogP contribution in [0.2, 0.25) is 5.02 Å². The Morgan fingerprint density at radius 2 is 1.69 bits per heavy atom. The largest absolute Gasteiger partial charge is 0.493 e. The molecule has 0 radical (unpaired) electrons. The number of imide groups is 2. The van der Waals surface area contributed by atoms with E-state index in [1.165, 1.54) is 79.9 Å². The zero-order valence-electron chi connectivity index (χ0n) is 20.3. The number of aromatic carboxylic acids is 1. The van der Waals surface area contributed by atoms with Gasteiger partial charge in [0.05, 0.1) is 18.4 Å². The van der Waals surface area contributed by atoms with Gasteiger partial charge in [-0.15, -0.1) is 0 Å². The van der Waals surface area contributed by atoms with Gasteiger partial charge in [-0.2, -0.15) is 0 Å². The van der Waals surface area contributed by atoms with Crippen LogP contribution in [-0.2, 0) is 14.4 Å². The molecule has 3 aromatic rings. The normalized spacial score (nSPS) is 14.2. The number of hydrogen-bond acceptors (Lipinski definition) is 7. The van der Waals surface area contributed by atoms with Gasteiger partial charge in [0, 0.05) is 10.7 Å². The van der Waals surface area contributed by atoms with Crippen molar-refractivity contribution in [3.63, 3.8) is 0 Å². The number of ether oxygens (including phenoxy) is 2. The maximum absolute atomic E-state index is 13.1. The molecule has 1 saturated heterocycles. The third-order valence-corrected chi connectivity index (χ3v) is 5.71. The van der Waals surface area contributed by atoms with E-state index in [1.54, 1.807) is 0 Å². The fraction of sp³-hybridized carbons (Fsp3) is 0.0741. The van der Waals surface area contributed by atoms with Crippen LogP contribution in [0.25, 0.3) is 6.08 Å². The van der Waals surface area contributed by atoms with Crippen molar-refractivity contribution in [3.8, 4) is 11.5 Å². The Morgan fingerprint density at radius 3 is 2.33 bits per heavy atom. The summed E-state index contributed by atoms with van der Waals surface area (Å²) in [5.41, 5.74) is 0.821. The van der Waals surface area contributed by atoms with Crippen molar-refractivity contribution in [1.29, 1.82) is 0 Å². The number of carboxylic acids is 1. The molecule has 3 N–H and O–H groups in total. The monoisotopic (exact) mass is 549 g/mol. The third-order valence-electron chi connectivity index (χ3n) is 5.46. The first-order chi connectivity index (χ1) is 18.7. The molecule has 1 aliphatic heterocycles. The van der Waals surface area contributed by atoms with E-state index < -0.39 is 29.7 Å². The summed E-state index contributed by atoms with van der Waals surface area (Å²) >= 11 is 5.88. The number of methoxy groups -OCH3 is 1. The second-order valence-corrected chi connectivity index (χ2v) is 8.50. The number of barbiturate groups is 1. The zero-order chi connectivity index (χ0) is 28.1. The Labute approximate surface area is 226 Å². The summed E-state index contributed by atoms with van der Waals surface area (Å²) in [5, 5.41) is 14.1. The van der Waals surface area contributed by atoms with Crippen LogP contribution in [0.1, 0.15) is 15.9 Å². The number of amides is 5. The molecular weight excluding hydrogens is 530 g/mol. The van der Waals surface area contributed by atoms with Gasteiger partial charge in [0.1, 0.15) is 5.57 Å². The van der Waals surface area contributed by atoms with Crippen molar-refractivity contribution in [2.45, 2.75) is 0 Å². The molecule has 3 aromatic carbocycles. The molecule has 12 heteroatoms. The SMILES string of the molecule is COc1cc(C=C2C(=O)NC(=O)N(c3ccc(Cl)cc3)C2=O)ccc1OCC(=O)Nc1ccc(C(=O)O)cc1. The summed E-state index contributed by atoms with van der Waals surface area (Å²) in [5.74, 6) is -2.82. The van der Waals surface area contributed by atoms with Crippen molar-refractivity contribution < 1.29 is 38.6 Å². The van der Waals surface area contributed by atoms with Gasteiger partial charge in [-0.25, -0.2) is 14.5 Å². The predicted molar refractivity (Wildman–Crippen MR) is 141 cm³/mol. The second kappa shape index (κ2) is 11.5. The van der Waals surface area contributed by atoms with Gasteiger partial charge in [-0.1, -0.05) is 17.7 Å². The molecule has 0 aromatic heterocycles. The lowest BCUT2D eigenvalue weighted by molar-refractivity contribution is -0.122. The Kier molecular flexibility index (Phi) is 7.92. The van der Waals surface area contributed by atoms with Crippen molar-refractivity contribution in [2.75, 3.05) is 23.9 Å². The minimum atomic E-state index is -1.08. The summed E-state index contributed by atoms with van der Waals surface area (Å²) in [6, 6.07) is 15.2.